The van der Waals surface area contributed by atoms with Crippen LogP contribution in [0.3, 0.4) is 0 Å². The molecule has 0 aromatic rings. The van der Waals surface area contributed by atoms with E-state index in [-0.39, 0.29) is 19.9 Å². The predicted octanol–water partition coefficient (Wildman–Crippen LogP) is -2.60. The molecule has 0 bridgehead atoms. The third kappa shape index (κ3) is 154. The first-order chi connectivity index (χ1) is 2.00. The van der Waals surface area contributed by atoms with Crippen molar-refractivity contribution in [3.05, 3.63) is 0 Å². The monoisotopic (exact) mass is 153 g/mol. The Balaban J connectivity index is -0.0000000267. The number of hydrogen-bond donors (Lipinski definition) is 0. The largest absolute Gasteiger partial charge is 3.00 e. The van der Waals surface area contributed by atoms with E-state index in [0.717, 1.165) is 0 Å². The molecule has 0 aromatic carbocycles. The number of phosphoric acid groups is 1. The van der Waals surface area contributed by atoms with E-state index in [4.69, 9.17) is 19.2 Å². The molecule has 0 saturated heterocycles. The van der Waals surface area contributed by atoms with Crippen LogP contribution in [0.5, 0.6) is 0 Å². The minimum absolute atomic E-state index is 0. The SMILES string of the molecule is O=P([O-])([O-])[O-].[Fe+3].[H+].[H+]. The van der Waals surface area contributed by atoms with Crippen LogP contribution in [0.15, 0.2) is 0 Å². The normalized spacial score (nSPS) is 9.83. The quantitative estimate of drug-likeness (QED) is 0.282. The summed E-state index contributed by atoms with van der Waals surface area (Å²) in [6.45, 7) is 0. The zero-order chi connectivity index (χ0) is 4.50. The summed E-state index contributed by atoms with van der Waals surface area (Å²) in [4.78, 5) is 25.6. The summed E-state index contributed by atoms with van der Waals surface area (Å²) in [5.41, 5.74) is 0. The fourth-order valence-corrected chi connectivity index (χ4v) is 0. The van der Waals surface area contributed by atoms with E-state index in [9.17, 15) is 0 Å². The van der Waals surface area contributed by atoms with Crippen molar-refractivity contribution < 1.29 is 39.2 Å². The van der Waals surface area contributed by atoms with E-state index in [1.54, 1.807) is 0 Å². The van der Waals surface area contributed by atoms with Crippen molar-refractivity contribution >= 4 is 7.82 Å². The Morgan fingerprint density at radius 2 is 1.33 bits per heavy atom. The molecule has 0 aliphatic rings. The average molecular weight is 153 g/mol. The maximum Gasteiger partial charge on any atom is 3.00 e. The Bertz CT molecular complexity index is 60.2. The summed E-state index contributed by atoms with van der Waals surface area (Å²) >= 11 is 0. The fourth-order valence-electron chi connectivity index (χ4n) is 0. The third-order valence-electron chi connectivity index (χ3n) is 0. The summed E-state index contributed by atoms with van der Waals surface area (Å²) in [5, 5.41) is 0. The second-order valence-electron chi connectivity index (χ2n) is 0.447. The summed E-state index contributed by atoms with van der Waals surface area (Å²) < 4.78 is 8.55. The van der Waals surface area contributed by atoms with Gasteiger partial charge in [0.1, 0.15) is 0 Å². The molecule has 1 radical (unpaired) electrons. The van der Waals surface area contributed by atoms with E-state index >= 15 is 0 Å². The number of rotatable bonds is 0. The molecule has 0 spiro atoms. The average Bonchev–Trinajstić information content (AvgIpc) is 0.722. The van der Waals surface area contributed by atoms with Crippen LogP contribution in [-0.4, -0.2) is 0 Å². The zero-order valence-corrected chi connectivity index (χ0v) is 4.43. The van der Waals surface area contributed by atoms with Crippen LogP contribution in [0.25, 0.3) is 0 Å². The van der Waals surface area contributed by atoms with Gasteiger partial charge in [0.2, 0.25) is 0 Å². The standard InChI is InChI=1S/Fe.H3O4P/c;1-5(2,3)4/h;(H3,1,2,3,4)/q+3;/p-1. The molecule has 0 saturated carbocycles. The predicted molar refractivity (Wildman–Crippen MR) is 9.83 cm³/mol. The molecule has 0 unspecified atom stereocenters. The fraction of sp³-hybridized carbons (Fsp3) is 0. The van der Waals surface area contributed by atoms with Crippen molar-refractivity contribution in [2.45, 2.75) is 0 Å². The summed E-state index contributed by atoms with van der Waals surface area (Å²) in [6, 6.07) is 0. The minimum atomic E-state index is -5.39. The van der Waals surface area contributed by atoms with E-state index in [1.165, 1.54) is 0 Å². The molecule has 0 aliphatic carbocycles. The molecule has 0 atom stereocenters. The van der Waals surface area contributed by atoms with Gasteiger partial charge in [0.25, 0.3) is 0 Å². The van der Waals surface area contributed by atoms with Gasteiger partial charge in [0.05, 0.1) is 0 Å². The molecule has 6 heavy (non-hydrogen) atoms. The van der Waals surface area contributed by atoms with Gasteiger partial charge in [-0.2, -0.15) is 7.82 Å². The Labute approximate surface area is 47.9 Å². The van der Waals surface area contributed by atoms with Crippen molar-refractivity contribution in [1.29, 1.82) is 0 Å². The Kier molecular flexibility index (Phi) is 4.49. The van der Waals surface area contributed by atoms with Crippen LogP contribution in [0.1, 0.15) is 2.85 Å². The summed E-state index contributed by atoms with van der Waals surface area (Å²) in [7, 11) is -5.39. The van der Waals surface area contributed by atoms with E-state index in [0.29, 0.717) is 0 Å². The maximum atomic E-state index is 8.55. The molecule has 6 heteroatoms. The maximum absolute atomic E-state index is 8.55. The Morgan fingerprint density at radius 1 is 1.33 bits per heavy atom. The summed E-state index contributed by atoms with van der Waals surface area (Å²) in [5.74, 6) is 0. The van der Waals surface area contributed by atoms with Crippen molar-refractivity contribution in [2.75, 3.05) is 0 Å². The van der Waals surface area contributed by atoms with E-state index in [1.807, 2.05) is 0 Å². The van der Waals surface area contributed by atoms with Crippen molar-refractivity contribution in [3.8, 4) is 0 Å². The zero-order valence-electron chi connectivity index (χ0n) is 4.43. The first-order valence-electron chi connectivity index (χ1n) is 0.730. The molecule has 0 heterocycles. The molecular weight excluding hydrogens is 151 g/mol. The van der Waals surface area contributed by atoms with Crippen molar-refractivity contribution in [3.63, 3.8) is 0 Å². The van der Waals surface area contributed by atoms with Crippen LogP contribution in [-0.2, 0) is 21.6 Å². The first-order valence-corrected chi connectivity index (χ1v) is 2.19. The van der Waals surface area contributed by atoms with Gasteiger partial charge >= 0.3 is 19.9 Å². The molecule has 0 amide bonds. The minimum Gasteiger partial charge on any atom is -0.822 e. The van der Waals surface area contributed by atoms with Crippen LogP contribution >= 0.6 is 7.82 Å². The van der Waals surface area contributed by atoms with Gasteiger partial charge in [-0.1, -0.05) is 0 Å². The van der Waals surface area contributed by atoms with Gasteiger partial charge in [0, 0.05) is 0 Å². The van der Waals surface area contributed by atoms with E-state index in [2.05, 4.69) is 0 Å². The van der Waals surface area contributed by atoms with Crippen LogP contribution < -0.4 is 14.7 Å². The topological polar surface area (TPSA) is 86.2 Å². The molecule has 4 nitrogen and oxygen atoms in total. The second kappa shape index (κ2) is 2.75. The van der Waals surface area contributed by atoms with Gasteiger partial charge < -0.3 is 19.2 Å². The van der Waals surface area contributed by atoms with Gasteiger partial charge in [-0.15, -0.1) is 0 Å². The van der Waals surface area contributed by atoms with Gasteiger partial charge in [-0.25, -0.2) is 0 Å². The van der Waals surface area contributed by atoms with Gasteiger partial charge in [-0.3, -0.25) is 0 Å². The van der Waals surface area contributed by atoms with Gasteiger partial charge in [-0.05, 0) is 0 Å². The van der Waals surface area contributed by atoms with Crippen LogP contribution in [0, 0.1) is 0 Å². The van der Waals surface area contributed by atoms with Crippen molar-refractivity contribution in [2.24, 2.45) is 0 Å². The second-order valence-corrected chi connectivity index (χ2v) is 1.34. The van der Waals surface area contributed by atoms with Crippen LogP contribution in [0.2, 0.25) is 0 Å². The number of hydrogen-bond acceptors (Lipinski definition) is 4. The van der Waals surface area contributed by atoms with Crippen molar-refractivity contribution in [1.82, 2.24) is 0 Å². The smallest absolute Gasteiger partial charge is 0.822 e. The van der Waals surface area contributed by atoms with Crippen LogP contribution in [0.4, 0.5) is 0 Å². The summed E-state index contributed by atoms with van der Waals surface area (Å²) in [6.07, 6.45) is 0. The molecule has 0 fully saturated rings. The molecule has 0 N–H and O–H groups in total. The molecule has 37 valence electrons. The molecular formula is H2FeO4P+2. The molecule has 0 aromatic heterocycles. The Hall–Kier alpha value is 0.629. The molecule has 0 rings (SSSR count). The van der Waals surface area contributed by atoms with Gasteiger partial charge in [0.15, 0.2) is 0 Å². The Morgan fingerprint density at radius 3 is 1.33 bits per heavy atom. The molecule has 0 aliphatic heterocycles. The van der Waals surface area contributed by atoms with E-state index < -0.39 is 7.82 Å². The third-order valence-corrected chi connectivity index (χ3v) is 0. The first kappa shape index (κ1) is 9.80.